The van der Waals surface area contributed by atoms with E-state index in [2.05, 4.69) is 26.0 Å². The van der Waals surface area contributed by atoms with Gasteiger partial charge in [-0.25, -0.2) is 0 Å². The highest BCUT2D eigenvalue weighted by Crippen LogP contribution is 2.11. The van der Waals surface area contributed by atoms with Gasteiger partial charge in [-0.05, 0) is 18.8 Å². The summed E-state index contributed by atoms with van der Waals surface area (Å²) in [6.45, 7) is 4.26. The van der Waals surface area contributed by atoms with Crippen molar-refractivity contribution in [2.75, 3.05) is 0 Å². The summed E-state index contributed by atoms with van der Waals surface area (Å²) in [5.41, 5.74) is 0. The fraction of sp³-hybridized carbons (Fsp3) is 0.700. The Labute approximate surface area is 69.5 Å². The highest BCUT2D eigenvalue weighted by Gasteiger charge is 2.01. The van der Waals surface area contributed by atoms with Crippen LogP contribution in [0.3, 0.4) is 0 Å². The van der Waals surface area contributed by atoms with Crippen LogP contribution < -0.4 is 0 Å². The van der Waals surface area contributed by atoms with Crippen molar-refractivity contribution in [3.05, 3.63) is 12.2 Å². The number of hydrogen-bond acceptors (Lipinski definition) is 1. The molecule has 0 N–H and O–H groups in total. The number of allylic oxidation sites excluding steroid dienone is 2. The van der Waals surface area contributed by atoms with Crippen LogP contribution in [0.2, 0.25) is 0 Å². The second-order valence-electron chi connectivity index (χ2n) is 2.79. The number of carbonyl (C=O) groups is 1. The molecule has 1 unspecified atom stereocenters. The molecule has 0 aromatic heterocycles. The van der Waals surface area contributed by atoms with Crippen molar-refractivity contribution in [3.8, 4) is 0 Å². The quantitative estimate of drug-likeness (QED) is 0.424. The number of aldehydes is 1. The van der Waals surface area contributed by atoms with Gasteiger partial charge in [0.25, 0.3) is 0 Å². The van der Waals surface area contributed by atoms with Crippen LogP contribution in [0.1, 0.15) is 39.5 Å². The minimum Gasteiger partial charge on any atom is -0.303 e. The Morgan fingerprint density at radius 2 is 1.91 bits per heavy atom. The Morgan fingerprint density at radius 1 is 1.18 bits per heavy atom. The van der Waals surface area contributed by atoms with Crippen LogP contribution in [0.5, 0.6) is 0 Å². The minimum atomic E-state index is 0.565. The third-order valence-electron chi connectivity index (χ3n) is 1.88. The lowest BCUT2D eigenvalue weighted by Gasteiger charge is -2.06. The van der Waals surface area contributed by atoms with E-state index in [1.807, 2.05) is 0 Å². The normalized spacial score (nSPS) is 13.6. The van der Waals surface area contributed by atoms with Crippen LogP contribution >= 0.6 is 0 Å². The summed E-state index contributed by atoms with van der Waals surface area (Å²) in [7, 11) is 0. The predicted molar refractivity (Wildman–Crippen MR) is 48.5 cm³/mol. The second-order valence-corrected chi connectivity index (χ2v) is 2.79. The molecular weight excluding hydrogens is 136 g/mol. The molecule has 1 heteroatoms. The molecule has 0 fully saturated rings. The van der Waals surface area contributed by atoms with E-state index in [0.29, 0.717) is 12.3 Å². The average Bonchev–Trinajstić information content (AvgIpc) is 2.03. The van der Waals surface area contributed by atoms with E-state index in [9.17, 15) is 4.79 Å². The number of hydrogen-bond donors (Lipinski definition) is 0. The summed E-state index contributed by atoms with van der Waals surface area (Å²) in [6.07, 6.45) is 9.33. The zero-order chi connectivity index (χ0) is 8.53. The van der Waals surface area contributed by atoms with Gasteiger partial charge >= 0.3 is 0 Å². The maximum Gasteiger partial charge on any atom is 0.120 e. The molecule has 0 rings (SSSR count). The molecule has 11 heavy (non-hydrogen) atoms. The van der Waals surface area contributed by atoms with Gasteiger partial charge in [0, 0.05) is 6.42 Å². The second kappa shape index (κ2) is 7.52. The van der Waals surface area contributed by atoms with Crippen molar-refractivity contribution in [1.29, 1.82) is 0 Å². The largest absolute Gasteiger partial charge is 0.303 e. The lowest BCUT2D eigenvalue weighted by atomic mass is 9.99. The van der Waals surface area contributed by atoms with Crippen molar-refractivity contribution in [1.82, 2.24) is 0 Å². The summed E-state index contributed by atoms with van der Waals surface area (Å²) in [6, 6.07) is 0. The minimum absolute atomic E-state index is 0.565. The van der Waals surface area contributed by atoms with Crippen molar-refractivity contribution >= 4 is 6.29 Å². The van der Waals surface area contributed by atoms with Gasteiger partial charge in [0.2, 0.25) is 0 Å². The maximum atomic E-state index is 10.2. The van der Waals surface area contributed by atoms with Gasteiger partial charge in [-0.2, -0.15) is 0 Å². The Kier molecular flexibility index (Phi) is 7.11. The molecule has 0 heterocycles. The van der Waals surface area contributed by atoms with E-state index >= 15 is 0 Å². The fourth-order valence-electron chi connectivity index (χ4n) is 1.02. The Morgan fingerprint density at radius 3 is 2.36 bits per heavy atom. The molecule has 0 saturated heterocycles. The van der Waals surface area contributed by atoms with E-state index in [1.165, 1.54) is 0 Å². The van der Waals surface area contributed by atoms with E-state index in [4.69, 9.17) is 0 Å². The topological polar surface area (TPSA) is 17.1 Å². The first-order chi connectivity index (χ1) is 5.35. The summed E-state index contributed by atoms with van der Waals surface area (Å²) >= 11 is 0. The molecule has 64 valence electrons. The van der Waals surface area contributed by atoms with Gasteiger partial charge in [0.15, 0.2) is 0 Å². The zero-order valence-corrected chi connectivity index (χ0v) is 7.55. The van der Waals surface area contributed by atoms with Gasteiger partial charge in [-0.1, -0.05) is 32.4 Å². The average molecular weight is 154 g/mol. The Bertz CT molecular complexity index is 116. The molecule has 1 nitrogen and oxygen atoms in total. The molecule has 0 amide bonds. The first-order valence-electron chi connectivity index (χ1n) is 4.43. The van der Waals surface area contributed by atoms with Crippen molar-refractivity contribution < 1.29 is 4.79 Å². The smallest absolute Gasteiger partial charge is 0.120 e. The third kappa shape index (κ3) is 5.84. The van der Waals surface area contributed by atoms with Gasteiger partial charge in [-0.15, -0.1) is 0 Å². The molecule has 0 aliphatic rings. The van der Waals surface area contributed by atoms with Gasteiger partial charge in [0.05, 0.1) is 0 Å². The molecule has 0 aromatic rings. The molecule has 0 aliphatic heterocycles. The molecule has 0 spiro atoms. The molecule has 0 aromatic carbocycles. The zero-order valence-electron chi connectivity index (χ0n) is 7.55. The van der Waals surface area contributed by atoms with Crippen LogP contribution in [0.15, 0.2) is 12.2 Å². The highest BCUT2D eigenvalue weighted by atomic mass is 16.1. The molecule has 0 bridgehead atoms. The lowest BCUT2D eigenvalue weighted by Crippen LogP contribution is -1.97. The van der Waals surface area contributed by atoms with Crippen LogP contribution in [-0.2, 0) is 4.79 Å². The molecule has 1 atom stereocenters. The van der Waals surface area contributed by atoms with Crippen molar-refractivity contribution in [2.24, 2.45) is 5.92 Å². The van der Waals surface area contributed by atoms with Crippen LogP contribution in [0.25, 0.3) is 0 Å². The van der Waals surface area contributed by atoms with Gasteiger partial charge < -0.3 is 4.79 Å². The summed E-state index contributed by atoms with van der Waals surface area (Å²) in [5, 5.41) is 0. The van der Waals surface area contributed by atoms with Crippen LogP contribution in [0, 0.1) is 5.92 Å². The lowest BCUT2D eigenvalue weighted by molar-refractivity contribution is -0.108. The highest BCUT2D eigenvalue weighted by molar-refractivity contribution is 5.49. The molecule has 0 saturated carbocycles. The van der Waals surface area contributed by atoms with Crippen molar-refractivity contribution in [2.45, 2.75) is 39.5 Å². The van der Waals surface area contributed by atoms with E-state index in [1.54, 1.807) is 0 Å². The van der Waals surface area contributed by atoms with Gasteiger partial charge in [0.1, 0.15) is 6.29 Å². The Balaban J connectivity index is 3.50. The standard InChI is InChI=1S/C10H18O/c1-3-5-6-7-10(4-2)8-9-11/h5-6,9-10H,3-4,7-8H2,1-2H3/b6-5-. The number of rotatable bonds is 6. The van der Waals surface area contributed by atoms with Crippen LogP contribution in [-0.4, -0.2) is 6.29 Å². The molecule has 0 radical (unpaired) electrons. The summed E-state index contributed by atoms with van der Waals surface area (Å²) in [5.74, 6) is 0.565. The fourth-order valence-corrected chi connectivity index (χ4v) is 1.02. The summed E-state index contributed by atoms with van der Waals surface area (Å²) < 4.78 is 0. The maximum absolute atomic E-state index is 10.2. The van der Waals surface area contributed by atoms with E-state index in [0.717, 1.165) is 25.5 Å². The SMILES string of the molecule is CC/C=C\CC(CC)CC=O. The van der Waals surface area contributed by atoms with E-state index < -0.39 is 0 Å². The monoisotopic (exact) mass is 154 g/mol. The predicted octanol–water partition coefficient (Wildman–Crippen LogP) is 2.96. The van der Waals surface area contributed by atoms with Crippen molar-refractivity contribution in [3.63, 3.8) is 0 Å². The third-order valence-corrected chi connectivity index (χ3v) is 1.88. The first-order valence-corrected chi connectivity index (χ1v) is 4.43. The molecule has 0 aliphatic carbocycles. The first kappa shape index (κ1) is 10.4. The summed E-state index contributed by atoms with van der Waals surface area (Å²) in [4.78, 5) is 10.2. The molecular formula is C10H18O. The number of carbonyl (C=O) groups excluding carboxylic acids is 1. The van der Waals surface area contributed by atoms with E-state index in [-0.39, 0.29) is 0 Å². The van der Waals surface area contributed by atoms with Gasteiger partial charge in [-0.3, -0.25) is 0 Å². The van der Waals surface area contributed by atoms with Crippen LogP contribution in [0.4, 0.5) is 0 Å². The Hall–Kier alpha value is -0.590.